The van der Waals surface area contributed by atoms with E-state index in [1.807, 2.05) is 0 Å². The minimum absolute atomic E-state index is 0.0756. The molecule has 0 heterocycles. The molecule has 0 N–H and O–H groups in total. The Balaban J connectivity index is 4.13. The van der Waals surface area contributed by atoms with Crippen molar-refractivity contribution in [2.24, 2.45) is 0 Å². The predicted octanol–water partition coefficient (Wildman–Crippen LogP) is 19.8. The Morgan fingerprint density at radius 3 is 0.913 bits per heavy atom. The highest BCUT2D eigenvalue weighted by molar-refractivity contribution is 5.71. The van der Waals surface area contributed by atoms with Gasteiger partial charge < -0.3 is 14.2 Å². The fourth-order valence-corrected chi connectivity index (χ4v) is 8.29. The standard InChI is InChI=1S/C63H110O6/c1-4-7-10-13-16-19-21-23-24-25-26-27-28-29-30-31-32-33-34-35-36-37-38-40-41-44-47-50-53-56-62(65)68-59-60(58-67-61(64)55-52-49-46-43-18-15-12-9-6-3)69-63(66)57-54-51-48-45-42-39-22-20-17-14-11-8-5-2/h7,10,16,19-20,22-24,26-27,29-30,60H,4-6,8-9,11-15,17-18,21,25,28,31-59H2,1-3H3/b10-7-,19-16-,22-20-,24-23-,27-26-,30-29-. The van der Waals surface area contributed by atoms with Crippen LogP contribution in [0.25, 0.3) is 0 Å². The van der Waals surface area contributed by atoms with Gasteiger partial charge in [-0.05, 0) is 89.9 Å². The highest BCUT2D eigenvalue weighted by Gasteiger charge is 2.19. The van der Waals surface area contributed by atoms with Crippen molar-refractivity contribution < 1.29 is 28.6 Å². The van der Waals surface area contributed by atoms with Crippen LogP contribution in [0.15, 0.2) is 72.9 Å². The molecule has 0 bridgehead atoms. The highest BCUT2D eigenvalue weighted by Crippen LogP contribution is 2.16. The molecule has 0 saturated heterocycles. The Bertz CT molecular complexity index is 1290. The maximum Gasteiger partial charge on any atom is 0.306 e. The van der Waals surface area contributed by atoms with Gasteiger partial charge in [0, 0.05) is 19.3 Å². The molecule has 0 aromatic carbocycles. The predicted molar refractivity (Wildman–Crippen MR) is 298 cm³/mol. The zero-order valence-electron chi connectivity index (χ0n) is 45.6. The number of hydrogen-bond donors (Lipinski definition) is 0. The van der Waals surface area contributed by atoms with Crippen LogP contribution in [0.4, 0.5) is 0 Å². The van der Waals surface area contributed by atoms with Gasteiger partial charge >= 0.3 is 17.9 Å². The maximum atomic E-state index is 12.8. The molecule has 0 rings (SSSR count). The van der Waals surface area contributed by atoms with Gasteiger partial charge in [0.1, 0.15) is 13.2 Å². The Morgan fingerprint density at radius 2 is 0.565 bits per heavy atom. The molecule has 1 atom stereocenters. The Hall–Kier alpha value is -3.15. The van der Waals surface area contributed by atoms with Gasteiger partial charge in [-0.1, -0.05) is 254 Å². The van der Waals surface area contributed by atoms with Crippen LogP contribution < -0.4 is 0 Å². The largest absolute Gasteiger partial charge is 0.462 e. The SMILES string of the molecule is CC/C=C\C/C=C\C/C=C\C/C=C\C/C=C\CCCCCCCCCCCCCCCC(=O)OCC(COC(=O)CCCCCCCCCCC)OC(=O)CCCCCCC/C=C\CCCCCC. The van der Waals surface area contributed by atoms with Crippen LogP contribution in [-0.4, -0.2) is 37.2 Å². The molecule has 0 aliphatic heterocycles. The van der Waals surface area contributed by atoms with Crippen molar-refractivity contribution in [1.29, 1.82) is 0 Å². The van der Waals surface area contributed by atoms with E-state index < -0.39 is 6.10 Å². The maximum absolute atomic E-state index is 12.8. The quantitative estimate of drug-likeness (QED) is 0.0262. The number of carbonyl (C=O) groups is 3. The summed E-state index contributed by atoms with van der Waals surface area (Å²) in [6.07, 6.45) is 73.4. The lowest BCUT2D eigenvalue weighted by Crippen LogP contribution is -2.30. The second kappa shape index (κ2) is 57.4. The summed E-state index contributed by atoms with van der Waals surface area (Å²) in [5.41, 5.74) is 0. The molecule has 69 heavy (non-hydrogen) atoms. The van der Waals surface area contributed by atoms with Gasteiger partial charge in [-0.15, -0.1) is 0 Å². The van der Waals surface area contributed by atoms with Crippen molar-refractivity contribution >= 4 is 17.9 Å². The molecule has 0 saturated carbocycles. The third-order valence-corrected chi connectivity index (χ3v) is 12.7. The van der Waals surface area contributed by atoms with E-state index in [1.54, 1.807) is 0 Å². The van der Waals surface area contributed by atoms with Crippen molar-refractivity contribution in [1.82, 2.24) is 0 Å². The molecule has 1 unspecified atom stereocenters. The molecular formula is C63H110O6. The van der Waals surface area contributed by atoms with Gasteiger partial charge in [0.05, 0.1) is 0 Å². The van der Waals surface area contributed by atoms with E-state index in [0.717, 1.165) is 103 Å². The second-order valence-corrected chi connectivity index (χ2v) is 19.5. The lowest BCUT2D eigenvalue weighted by Gasteiger charge is -2.18. The van der Waals surface area contributed by atoms with Crippen LogP contribution in [0.2, 0.25) is 0 Å². The molecule has 0 radical (unpaired) electrons. The van der Waals surface area contributed by atoms with Crippen molar-refractivity contribution in [2.45, 2.75) is 297 Å². The second-order valence-electron chi connectivity index (χ2n) is 19.5. The normalized spacial score (nSPS) is 12.6. The summed E-state index contributed by atoms with van der Waals surface area (Å²) in [6, 6.07) is 0. The summed E-state index contributed by atoms with van der Waals surface area (Å²) in [4.78, 5) is 38.0. The van der Waals surface area contributed by atoms with Gasteiger partial charge in [0.2, 0.25) is 0 Å². The number of rotatable bonds is 53. The van der Waals surface area contributed by atoms with Crippen molar-refractivity contribution in [3.05, 3.63) is 72.9 Å². The first-order valence-electron chi connectivity index (χ1n) is 29.4. The smallest absolute Gasteiger partial charge is 0.306 e. The molecule has 0 aliphatic rings. The van der Waals surface area contributed by atoms with E-state index in [4.69, 9.17) is 14.2 Å². The number of ether oxygens (including phenoxy) is 3. The molecule has 6 nitrogen and oxygen atoms in total. The van der Waals surface area contributed by atoms with E-state index in [2.05, 4.69) is 93.7 Å². The summed E-state index contributed by atoms with van der Waals surface area (Å²) in [5.74, 6) is -0.880. The van der Waals surface area contributed by atoms with Crippen molar-refractivity contribution in [3.8, 4) is 0 Å². The summed E-state index contributed by atoms with van der Waals surface area (Å²) in [7, 11) is 0. The molecule has 0 amide bonds. The minimum atomic E-state index is -0.775. The van der Waals surface area contributed by atoms with Crippen LogP contribution in [0.1, 0.15) is 290 Å². The van der Waals surface area contributed by atoms with Crippen molar-refractivity contribution in [3.63, 3.8) is 0 Å². The zero-order valence-corrected chi connectivity index (χ0v) is 45.6. The zero-order chi connectivity index (χ0) is 50.0. The lowest BCUT2D eigenvalue weighted by atomic mass is 10.0. The summed E-state index contributed by atoms with van der Waals surface area (Å²) < 4.78 is 16.8. The van der Waals surface area contributed by atoms with Crippen LogP contribution in [0.3, 0.4) is 0 Å². The number of allylic oxidation sites excluding steroid dienone is 12. The molecule has 0 fully saturated rings. The Labute approximate surface area is 427 Å². The third-order valence-electron chi connectivity index (χ3n) is 12.7. The summed E-state index contributed by atoms with van der Waals surface area (Å²) >= 11 is 0. The first-order valence-corrected chi connectivity index (χ1v) is 29.4. The summed E-state index contributed by atoms with van der Waals surface area (Å²) in [5, 5.41) is 0. The van der Waals surface area contributed by atoms with Gasteiger partial charge in [0.25, 0.3) is 0 Å². The van der Waals surface area contributed by atoms with Crippen LogP contribution in [0.5, 0.6) is 0 Å². The van der Waals surface area contributed by atoms with Crippen LogP contribution >= 0.6 is 0 Å². The highest BCUT2D eigenvalue weighted by atomic mass is 16.6. The number of hydrogen-bond acceptors (Lipinski definition) is 6. The van der Waals surface area contributed by atoms with E-state index in [0.29, 0.717) is 19.3 Å². The molecule has 0 spiro atoms. The van der Waals surface area contributed by atoms with Gasteiger partial charge in [0.15, 0.2) is 6.10 Å². The molecule has 0 aromatic rings. The van der Waals surface area contributed by atoms with E-state index in [-0.39, 0.29) is 31.1 Å². The molecular weight excluding hydrogens is 853 g/mol. The third kappa shape index (κ3) is 55.6. The Morgan fingerprint density at radius 1 is 0.304 bits per heavy atom. The van der Waals surface area contributed by atoms with Crippen LogP contribution in [-0.2, 0) is 28.6 Å². The van der Waals surface area contributed by atoms with E-state index in [9.17, 15) is 14.4 Å². The molecule has 0 aromatic heterocycles. The van der Waals surface area contributed by atoms with Gasteiger partial charge in [-0.3, -0.25) is 14.4 Å². The van der Waals surface area contributed by atoms with Crippen molar-refractivity contribution in [2.75, 3.05) is 13.2 Å². The number of carbonyl (C=O) groups excluding carboxylic acids is 3. The average molecular weight is 964 g/mol. The van der Waals surface area contributed by atoms with Crippen LogP contribution in [0, 0.1) is 0 Å². The topological polar surface area (TPSA) is 78.9 Å². The monoisotopic (exact) mass is 963 g/mol. The van der Waals surface area contributed by atoms with Gasteiger partial charge in [-0.25, -0.2) is 0 Å². The number of esters is 3. The lowest BCUT2D eigenvalue weighted by molar-refractivity contribution is -0.167. The fourth-order valence-electron chi connectivity index (χ4n) is 8.29. The fraction of sp³-hybridized carbons (Fsp3) is 0.762. The first kappa shape index (κ1) is 65.8. The van der Waals surface area contributed by atoms with E-state index >= 15 is 0 Å². The molecule has 6 heteroatoms. The average Bonchev–Trinajstić information content (AvgIpc) is 3.35. The Kier molecular flexibility index (Phi) is 54.8. The molecule has 0 aliphatic carbocycles. The summed E-state index contributed by atoms with van der Waals surface area (Å²) in [6.45, 7) is 6.50. The van der Waals surface area contributed by atoms with Gasteiger partial charge in [-0.2, -0.15) is 0 Å². The first-order chi connectivity index (χ1) is 34.0. The van der Waals surface area contributed by atoms with E-state index in [1.165, 1.54) is 148 Å². The minimum Gasteiger partial charge on any atom is -0.462 e. The number of unbranched alkanes of at least 4 members (excludes halogenated alkanes) is 30. The molecule has 398 valence electrons.